The minimum absolute atomic E-state index is 0.0513. The molecule has 110 valence electrons. The molecule has 1 amide bonds. The summed E-state index contributed by atoms with van der Waals surface area (Å²) in [5.74, 6) is 1.75. The van der Waals surface area contributed by atoms with E-state index in [-0.39, 0.29) is 12.0 Å². The minimum Gasteiger partial charge on any atom is -0.489 e. The molecule has 3 rings (SSSR count). The molecule has 0 spiro atoms. The Bertz CT molecular complexity index is 648. The van der Waals surface area contributed by atoms with Gasteiger partial charge in [-0.1, -0.05) is 19.1 Å². The molecule has 0 fully saturated rings. The SMILES string of the molecule is C[C@@H]1Oc2c(C(=O)N(C)Cc3ccco3)cccc2[C@@H]1C. The smallest absolute Gasteiger partial charge is 0.257 e. The normalized spacial score (nSPS) is 20.0. The third kappa shape index (κ3) is 2.42. The maximum Gasteiger partial charge on any atom is 0.257 e. The summed E-state index contributed by atoms with van der Waals surface area (Å²) >= 11 is 0. The number of furan rings is 1. The molecular weight excluding hydrogens is 266 g/mol. The molecule has 1 aliphatic heterocycles. The first-order valence-electron chi connectivity index (χ1n) is 7.15. The van der Waals surface area contributed by atoms with Crippen molar-refractivity contribution in [2.75, 3.05) is 7.05 Å². The van der Waals surface area contributed by atoms with Gasteiger partial charge in [-0.05, 0) is 25.1 Å². The average molecular weight is 285 g/mol. The molecule has 2 atom stereocenters. The summed E-state index contributed by atoms with van der Waals surface area (Å²) in [6.45, 7) is 4.60. The van der Waals surface area contributed by atoms with Crippen LogP contribution in [-0.4, -0.2) is 24.0 Å². The molecular formula is C17H19NO3. The lowest BCUT2D eigenvalue weighted by Crippen LogP contribution is -2.26. The van der Waals surface area contributed by atoms with Crippen LogP contribution in [0.15, 0.2) is 41.0 Å². The predicted molar refractivity (Wildman–Crippen MR) is 79.5 cm³/mol. The Morgan fingerprint density at radius 2 is 2.05 bits per heavy atom. The number of nitrogens with zero attached hydrogens (tertiary/aromatic N) is 1. The average Bonchev–Trinajstić information content (AvgIpc) is 3.07. The number of para-hydroxylation sites is 1. The number of ether oxygens (including phenoxy) is 1. The molecule has 0 unspecified atom stereocenters. The lowest BCUT2D eigenvalue weighted by molar-refractivity contribution is 0.0770. The monoisotopic (exact) mass is 285 g/mol. The zero-order valence-electron chi connectivity index (χ0n) is 12.5. The van der Waals surface area contributed by atoms with Crippen LogP contribution in [0.5, 0.6) is 5.75 Å². The van der Waals surface area contributed by atoms with Gasteiger partial charge in [-0.3, -0.25) is 4.79 Å². The Morgan fingerprint density at radius 1 is 1.24 bits per heavy atom. The van der Waals surface area contributed by atoms with Gasteiger partial charge in [0.15, 0.2) is 0 Å². The zero-order chi connectivity index (χ0) is 15.0. The van der Waals surface area contributed by atoms with Gasteiger partial charge in [-0.2, -0.15) is 0 Å². The summed E-state index contributed by atoms with van der Waals surface area (Å²) in [5.41, 5.74) is 1.73. The molecule has 0 saturated heterocycles. The van der Waals surface area contributed by atoms with Crippen LogP contribution in [0, 0.1) is 0 Å². The number of benzene rings is 1. The fourth-order valence-corrected chi connectivity index (χ4v) is 2.67. The van der Waals surface area contributed by atoms with Crippen molar-refractivity contribution in [1.29, 1.82) is 0 Å². The molecule has 21 heavy (non-hydrogen) atoms. The fraction of sp³-hybridized carbons (Fsp3) is 0.353. The number of rotatable bonds is 3. The van der Waals surface area contributed by atoms with Crippen LogP contribution in [0.3, 0.4) is 0 Å². The molecule has 1 aliphatic rings. The highest BCUT2D eigenvalue weighted by Crippen LogP contribution is 2.40. The third-order valence-electron chi connectivity index (χ3n) is 4.09. The third-order valence-corrected chi connectivity index (χ3v) is 4.09. The van der Waals surface area contributed by atoms with Gasteiger partial charge in [0.05, 0.1) is 18.4 Å². The molecule has 1 aromatic heterocycles. The van der Waals surface area contributed by atoms with Crippen LogP contribution in [0.2, 0.25) is 0 Å². The lowest BCUT2D eigenvalue weighted by Gasteiger charge is -2.17. The topological polar surface area (TPSA) is 42.7 Å². The number of hydrogen-bond donors (Lipinski definition) is 0. The minimum atomic E-state index is -0.0513. The summed E-state index contributed by atoms with van der Waals surface area (Å²) in [6, 6.07) is 9.46. The van der Waals surface area contributed by atoms with E-state index < -0.39 is 0 Å². The van der Waals surface area contributed by atoms with Crippen molar-refractivity contribution in [3.8, 4) is 5.75 Å². The van der Waals surface area contributed by atoms with Crippen LogP contribution < -0.4 is 4.74 Å². The van der Waals surface area contributed by atoms with Crippen molar-refractivity contribution in [2.24, 2.45) is 0 Å². The van der Waals surface area contributed by atoms with Gasteiger partial charge in [0.1, 0.15) is 17.6 Å². The first-order chi connectivity index (χ1) is 10.1. The molecule has 2 aromatic rings. The number of carbonyl (C=O) groups is 1. The Labute approximate surface area is 124 Å². The van der Waals surface area contributed by atoms with Gasteiger partial charge in [-0.25, -0.2) is 0 Å². The number of amides is 1. The molecule has 0 bridgehead atoms. The van der Waals surface area contributed by atoms with E-state index in [1.807, 2.05) is 37.3 Å². The first kappa shape index (κ1) is 13.7. The van der Waals surface area contributed by atoms with Crippen LogP contribution >= 0.6 is 0 Å². The highest BCUT2D eigenvalue weighted by molar-refractivity contribution is 5.97. The molecule has 0 N–H and O–H groups in total. The van der Waals surface area contributed by atoms with E-state index in [0.29, 0.717) is 18.0 Å². The lowest BCUT2D eigenvalue weighted by atomic mass is 9.96. The van der Waals surface area contributed by atoms with E-state index in [9.17, 15) is 4.79 Å². The van der Waals surface area contributed by atoms with Gasteiger partial charge in [0.2, 0.25) is 0 Å². The van der Waals surface area contributed by atoms with Crippen molar-refractivity contribution in [3.63, 3.8) is 0 Å². The molecule has 2 heterocycles. The van der Waals surface area contributed by atoms with Crippen molar-refractivity contribution in [3.05, 3.63) is 53.5 Å². The Kier molecular flexibility index (Phi) is 3.45. The Hall–Kier alpha value is -2.23. The van der Waals surface area contributed by atoms with E-state index in [4.69, 9.17) is 9.15 Å². The molecule has 1 aromatic carbocycles. The quantitative estimate of drug-likeness (QED) is 0.867. The number of fused-ring (bicyclic) bond motifs is 1. The summed E-state index contributed by atoms with van der Waals surface area (Å²) in [4.78, 5) is 14.3. The van der Waals surface area contributed by atoms with Crippen LogP contribution in [-0.2, 0) is 6.54 Å². The summed E-state index contributed by atoms with van der Waals surface area (Å²) < 4.78 is 11.2. The van der Waals surface area contributed by atoms with E-state index in [0.717, 1.165) is 17.1 Å². The second kappa shape index (κ2) is 5.28. The van der Waals surface area contributed by atoms with E-state index >= 15 is 0 Å². The molecule has 4 nitrogen and oxygen atoms in total. The molecule has 0 radical (unpaired) electrons. The van der Waals surface area contributed by atoms with Crippen molar-refractivity contribution in [2.45, 2.75) is 32.4 Å². The van der Waals surface area contributed by atoms with Gasteiger partial charge in [0.25, 0.3) is 5.91 Å². The van der Waals surface area contributed by atoms with Gasteiger partial charge < -0.3 is 14.1 Å². The fourth-order valence-electron chi connectivity index (χ4n) is 2.67. The summed E-state index contributed by atoms with van der Waals surface area (Å²) in [5, 5.41) is 0. The Balaban J connectivity index is 1.86. The highest BCUT2D eigenvalue weighted by Gasteiger charge is 2.31. The summed E-state index contributed by atoms with van der Waals surface area (Å²) in [7, 11) is 1.77. The number of carbonyl (C=O) groups excluding carboxylic acids is 1. The highest BCUT2D eigenvalue weighted by atomic mass is 16.5. The van der Waals surface area contributed by atoms with Crippen LogP contribution in [0.4, 0.5) is 0 Å². The largest absolute Gasteiger partial charge is 0.489 e. The van der Waals surface area contributed by atoms with Gasteiger partial charge in [-0.15, -0.1) is 0 Å². The van der Waals surface area contributed by atoms with Gasteiger partial charge >= 0.3 is 0 Å². The van der Waals surface area contributed by atoms with E-state index in [2.05, 4.69) is 6.92 Å². The maximum absolute atomic E-state index is 12.6. The molecule has 4 heteroatoms. The molecule has 0 aliphatic carbocycles. The van der Waals surface area contributed by atoms with Crippen LogP contribution in [0.25, 0.3) is 0 Å². The van der Waals surface area contributed by atoms with Crippen molar-refractivity contribution < 1.29 is 13.9 Å². The van der Waals surface area contributed by atoms with Crippen molar-refractivity contribution in [1.82, 2.24) is 4.90 Å². The van der Waals surface area contributed by atoms with E-state index in [1.165, 1.54) is 0 Å². The van der Waals surface area contributed by atoms with Gasteiger partial charge in [0, 0.05) is 18.5 Å². The maximum atomic E-state index is 12.6. The van der Waals surface area contributed by atoms with Crippen LogP contribution in [0.1, 0.15) is 41.4 Å². The molecule has 0 saturated carbocycles. The van der Waals surface area contributed by atoms with E-state index in [1.54, 1.807) is 18.2 Å². The first-order valence-corrected chi connectivity index (χ1v) is 7.15. The second-order valence-corrected chi connectivity index (χ2v) is 5.58. The predicted octanol–water partition coefficient (Wildman–Crippen LogP) is 3.44. The second-order valence-electron chi connectivity index (χ2n) is 5.58. The van der Waals surface area contributed by atoms with Crippen molar-refractivity contribution >= 4 is 5.91 Å². The standard InChI is InChI=1S/C17H19NO3/c1-11-12(2)21-16-14(11)7-4-8-15(16)17(19)18(3)10-13-6-5-9-20-13/h4-9,11-12H,10H2,1-3H3/t11-,12+/m1/s1. The zero-order valence-corrected chi connectivity index (χ0v) is 12.5. The summed E-state index contributed by atoms with van der Waals surface area (Å²) in [6.07, 6.45) is 1.71. The number of hydrogen-bond acceptors (Lipinski definition) is 3. The Morgan fingerprint density at radius 3 is 2.76 bits per heavy atom.